The van der Waals surface area contributed by atoms with E-state index in [-0.39, 0.29) is 43.5 Å². The van der Waals surface area contributed by atoms with Crippen LogP contribution in [0.15, 0.2) is 84.8 Å². The van der Waals surface area contributed by atoms with Crippen molar-refractivity contribution in [1.29, 1.82) is 0 Å². The zero-order valence-corrected chi connectivity index (χ0v) is 33.5. The fourth-order valence-corrected chi connectivity index (χ4v) is 8.74. The summed E-state index contributed by atoms with van der Waals surface area (Å²) in [6, 6.07) is 28.5. The van der Waals surface area contributed by atoms with E-state index in [1.54, 1.807) is 0 Å². The molecule has 0 atom stereocenters. The average molecular weight is 843 g/mol. The molecule has 0 aliphatic carbocycles. The molecular formula is C44H48IrNO2Si-. The number of allylic oxidation sites excluding steroid dienone is 2. The van der Waals surface area contributed by atoms with E-state index >= 15 is 0 Å². The SMILES string of the molecule is CCC(CC)C(=O)/C=C(\O)C(CC)CC.Cc1c2ccccc2[c-]c2c3nccc4c5ccc([Si](C)(C)C)cc5c5cccc(c12)c5c43.[Ir]. The van der Waals surface area contributed by atoms with Gasteiger partial charge in [0.2, 0.25) is 0 Å². The molecular weight excluding hydrogens is 795 g/mol. The van der Waals surface area contributed by atoms with Gasteiger partial charge in [-0.1, -0.05) is 130 Å². The van der Waals surface area contributed by atoms with Crippen molar-refractivity contribution >= 4 is 83.8 Å². The third kappa shape index (κ3) is 6.54. The van der Waals surface area contributed by atoms with Gasteiger partial charge in [-0.25, -0.2) is 0 Å². The number of fused-ring (bicyclic) bond motifs is 7. The van der Waals surface area contributed by atoms with Crippen molar-refractivity contribution < 1.29 is 30.0 Å². The Hall–Kier alpha value is -3.63. The van der Waals surface area contributed by atoms with Crippen molar-refractivity contribution in [3.63, 3.8) is 0 Å². The largest absolute Gasteiger partial charge is 0.512 e. The van der Waals surface area contributed by atoms with E-state index in [2.05, 4.69) is 99.4 Å². The molecule has 0 bridgehead atoms. The smallest absolute Gasteiger partial charge is 0.162 e. The molecule has 0 amide bonds. The monoisotopic (exact) mass is 843 g/mol. The zero-order valence-electron chi connectivity index (χ0n) is 30.1. The van der Waals surface area contributed by atoms with E-state index in [0.29, 0.717) is 0 Å². The molecule has 3 nitrogen and oxygen atoms in total. The van der Waals surface area contributed by atoms with Crippen LogP contribution in [0.3, 0.4) is 0 Å². The minimum Gasteiger partial charge on any atom is -0.512 e. The molecule has 49 heavy (non-hydrogen) atoms. The topological polar surface area (TPSA) is 50.2 Å². The van der Waals surface area contributed by atoms with Gasteiger partial charge in [0, 0.05) is 49.7 Å². The van der Waals surface area contributed by atoms with E-state index in [4.69, 9.17) is 4.98 Å². The number of ketones is 1. The number of aliphatic hydroxyl groups excluding tert-OH is 1. The van der Waals surface area contributed by atoms with Crippen LogP contribution in [0, 0.1) is 24.8 Å². The first kappa shape index (κ1) is 36.6. The summed E-state index contributed by atoms with van der Waals surface area (Å²) in [5.74, 6) is 0.547. The molecule has 0 aliphatic rings. The minimum absolute atomic E-state index is 0. The molecule has 0 saturated carbocycles. The molecule has 5 heteroatoms. The Morgan fingerprint density at radius 2 is 1.39 bits per heavy atom. The van der Waals surface area contributed by atoms with Crippen molar-refractivity contribution in [3.05, 3.63) is 96.4 Å². The second kappa shape index (κ2) is 14.7. The maximum Gasteiger partial charge on any atom is 0.162 e. The van der Waals surface area contributed by atoms with E-state index in [1.807, 2.05) is 33.9 Å². The minimum atomic E-state index is -1.43. The van der Waals surface area contributed by atoms with Crippen LogP contribution in [-0.4, -0.2) is 23.9 Å². The van der Waals surface area contributed by atoms with E-state index < -0.39 is 8.07 Å². The molecule has 7 rings (SSSR count). The molecule has 0 fully saturated rings. The summed E-state index contributed by atoms with van der Waals surface area (Å²) in [6.45, 7) is 17.6. The van der Waals surface area contributed by atoms with Gasteiger partial charge in [-0.2, -0.15) is 0 Å². The maximum absolute atomic E-state index is 11.7. The van der Waals surface area contributed by atoms with Gasteiger partial charge in [-0.05, 0) is 69.5 Å². The Morgan fingerprint density at radius 1 is 0.755 bits per heavy atom. The van der Waals surface area contributed by atoms with Gasteiger partial charge in [-0.15, -0.1) is 23.1 Å². The molecule has 0 aliphatic heterocycles. The predicted octanol–water partition coefficient (Wildman–Crippen LogP) is 12.0. The number of aliphatic hydroxyl groups is 1. The number of carbonyl (C=O) groups excluding carboxylic acids is 1. The predicted molar refractivity (Wildman–Crippen MR) is 211 cm³/mol. The van der Waals surface area contributed by atoms with Gasteiger partial charge in [0.15, 0.2) is 5.78 Å². The Morgan fingerprint density at radius 3 is 2.06 bits per heavy atom. The second-order valence-electron chi connectivity index (χ2n) is 14.4. The Balaban J connectivity index is 0.000000252. The van der Waals surface area contributed by atoms with Crippen LogP contribution in [0.25, 0.3) is 64.8 Å². The average Bonchev–Trinajstić information content (AvgIpc) is 3.08. The Kier molecular flexibility index (Phi) is 11.0. The van der Waals surface area contributed by atoms with E-state index in [1.165, 1.54) is 65.3 Å². The Labute approximate surface area is 305 Å². The van der Waals surface area contributed by atoms with Crippen molar-refractivity contribution in [3.8, 4) is 0 Å². The molecule has 1 radical (unpaired) electrons. The third-order valence-electron chi connectivity index (χ3n) is 10.5. The number of aryl methyl sites for hydroxylation is 1. The molecule has 0 saturated heterocycles. The number of nitrogens with zero attached hydrogens (tertiary/aromatic N) is 1. The van der Waals surface area contributed by atoms with Crippen molar-refractivity contribution in [2.24, 2.45) is 11.8 Å². The van der Waals surface area contributed by atoms with E-state index in [9.17, 15) is 9.90 Å². The number of hydrogen-bond acceptors (Lipinski definition) is 3. The molecule has 1 aromatic heterocycles. The van der Waals surface area contributed by atoms with Gasteiger partial charge in [-0.3, -0.25) is 9.78 Å². The molecule has 255 valence electrons. The maximum atomic E-state index is 11.7. The van der Waals surface area contributed by atoms with Gasteiger partial charge in [0.05, 0.1) is 13.8 Å². The fraction of sp³-hybridized carbons (Fsp3) is 0.318. The summed E-state index contributed by atoms with van der Waals surface area (Å²) in [7, 11) is -1.43. The molecule has 6 aromatic carbocycles. The summed E-state index contributed by atoms with van der Waals surface area (Å²) in [5, 5.41) is 25.3. The Bertz CT molecular complexity index is 2330. The number of benzene rings is 6. The quantitative estimate of drug-likeness (QED) is 0.0414. The van der Waals surface area contributed by atoms with Gasteiger partial charge in [0.25, 0.3) is 0 Å². The fourth-order valence-electron chi connectivity index (χ4n) is 7.58. The first-order valence-corrected chi connectivity index (χ1v) is 21.2. The number of aromatic nitrogens is 1. The van der Waals surface area contributed by atoms with Crippen molar-refractivity contribution in [2.75, 3.05) is 0 Å². The molecule has 7 aromatic rings. The number of rotatable bonds is 8. The van der Waals surface area contributed by atoms with Crippen molar-refractivity contribution in [1.82, 2.24) is 4.98 Å². The van der Waals surface area contributed by atoms with Crippen LogP contribution in [0.1, 0.15) is 58.9 Å². The molecule has 0 spiro atoms. The number of carbonyl (C=O) groups is 1. The van der Waals surface area contributed by atoms with E-state index in [0.717, 1.165) is 42.0 Å². The summed E-state index contributed by atoms with van der Waals surface area (Å²) >= 11 is 0. The van der Waals surface area contributed by atoms with Gasteiger partial charge < -0.3 is 5.11 Å². The molecule has 1 N–H and O–H groups in total. The molecule has 1 heterocycles. The summed E-state index contributed by atoms with van der Waals surface area (Å²) in [5.41, 5.74) is 2.38. The summed E-state index contributed by atoms with van der Waals surface area (Å²) in [6.07, 6.45) is 6.88. The van der Waals surface area contributed by atoms with Crippen LogP contribution in [-0.2, 0) is 24.9 Å². The zero-order chi connectivity index (χ0) is 34.3. The normalized spacial score (nSPS) is 12.5. The number of pyridine rings is 1. The van der Waals surface area contributed by atoms with Crippen LogP contribution >= 0.6 is 0 Å². The molecule has 0 unspecified atom stereocenters. The van der Waals surface area contributed by atoms with Crippen molar-refractivity contribution in [2.45, 2.75) is 79.9 Å². The van der Waals surface area contributed by atoms with Gasteiger partial charge in [0.1, 0.15) is 0 Å². The summed E-state index contributed by atoms with van der Waals surface area (Å²) in [4.78, 5) is 16.7. The van der Waals surface area contributed by atoms with Crippen LogP contribution in [0.4, 0.5) is 0 Å². The standard InChI is InChI=1S/C31H24NSi.C13H24O2.Ir/c1-18-21-9-6-5-8-19(21)16-27-28(18)25-11-7-10-23-26-17-20(33(2,3)4)12-13-22(26)24-14-15-32-31(27)30(24)29(23)25;1-5-10(6-2)12(14)9-13(15)11(7-3)8-4;/h5-15,17H,1-4H3;9-11,14H,5-8H2,1-4H3;/q-1;;/b;12-9-;. The first-order valence-electron chi connectivity index (χ1n) is 17.7. The van der Waals surface area contributed by atoms with Crippen LogP contribution in [0.2, 0.25) is 19.6 Å². The second-order valence-corrected chi connectivity index (χ2v) is 19.4. The number of hydrogen-bond donors (Lipinski definition) is 1. The third-order valence-corrected chi connectivity index (χ3v) is 12.6. The van der Waals surface area contributed by atoms with Crippen LogP contribution in [0.5, 0.6) is 0 Å². The van der Waals surface area contributed by atoms with Crippen LogP contribution < -0.4 is 5.19 Å². The first-order chi connectivity index (χ1) is 23.0. The van der Waals surface area contributed by atoms with Gasteiger partial charge >= 0.3 is 0 Å². The summed E-state index contributed by atoms with van der Waals surface area (Å²) < 4.78 is 0.